The van der Waals surface area contributed by atoms with Crippen LogP contribution in [-0.4, -0.2) is 5.71 Å². The van der Waals surface area contributed by atoms with Gasteiger partial charge in [0.1, 0.15) is 0 Å². The Kier molecular flexibility index (Phi) is 7.54. The maximum absolute atomic E-state index is 7.21. The van der Waals surface area contributed by atoms with Gasteiger partial charge in [0, 0.05) is 5.71 Å². The minimum absolute atomic E-state index is 0.834. The molecule has 66 valence electrons. The lowest BCUT2D eigenvalue weighted by atomic mass is 10.1. The molecule has 0 aromatic rings. The Labute approximate surface area is 70.7 Å². The second kappa shape index (κ2) is 7.77. The third-order valence-electron chi connectivity index (χ3n) is 1.91. The van der Waals surface area contributed by atoms with Gasteiger partial charge in [0.05, 0.1) is 0 Å². The van der Waals surface area contributed by atoms with E-state index < -0.39 is 0 Å². The molecule has 1 heteroatoms. The average Bonchev–Trinajstić information content (AvgIpc) is 1.96. The van der Waals surface area contributed by atoms with Crippen LogP contribution in [0.4, 0.5) is 0 Å². The van der Waals surface area contributed by atoms with E-state index in [0.717, 1.165) is 12.1 Å². The minimum atomic E-state index is 0.834. The van der Waals surface area contributed by atoms with Crippen LogP contribution in [0.3, 0.4) is 0 Å². The summed E-state index contributed by atoms with van der Waals surface area (Å²) in [7, 11) is 0. The molecule has 0 aromatic heterocycles. The Morgan fingerprint density at radius 1 is 1.00 bits per heavy atom. The molecular formula is C10H21N. The Morgan fingerprint density at radius 3 is 2.09 bits per heavy atom. The summed E-state index contributed by atoms with van der Waals surface area (Å²) in [4.78, 5) is 0. The van der Waals surface area contributed by atoms with E-state index in [1.54, 1.807) is 0 Å². The van der Waals surface area contributed by atoms with Crippen molar-refractivity contribution in [3.8, 4) is 0 Å². The molecule has 0 aliphatic heterocycles. The predicted molar refractivity (Wildman–Crippen MR) is 51.4 cm³/mol. The summed E-state index contributed by atoms with van der Waals surface area (Å²) < 4.78 is 0. The predicted octanol–water partition coefficient (Wildman–Crippen LogP) is 3.78. The lowest BCUT2D eigenvalue weighted by Gasteiger charge is -1.98. The van der Waals surface area contributed by atoms with Gasteiger partial charge in [-0.1, -0.05) is 39.0 Å². The molecule has 1 N–H and O–H groups in total. The van der Waals surface area contributed by atoms with E-state index in [1.165, 1.54) is 38.5 Å². The van der Waals surface area contributed by atoms with Crippen molar-refractivity contribution in [2.45, 2.75) is 58.8 Å². The third kappa shape index (κ3) is 9.67. The highest BCUT2D eigenvalue weighted by atomic mass is 14.4. The first kappa shape index (κ1) is 10.7. The maximum atomic E-state index is 7.21. The smallest absolute Gasteiger partial charge is 0.00582 e. The molecule has 0 aliphatic carbocycles. The highest BCUT2D eigenvalue weighted by Gasteiger charge is 1.90. The Bertz CT molecular complexity index is 97.0. The summed E-state index contributed by atoms with van der Waals surface area (Å²) in [5.74, 6) is 0. The lowest BCUT2D eigenvalue weighted by molar-refractivity contribution is 0.615. The Morgan fingerprint density at radius 2 is 1.55 bits per heavy atom. The summed E-state index contributed by atoms with van der Waals surface area (Å²) in [5, 5.41) is 7.21. The van der Waals surface area contributed by atoms with E-state index in [2.05, 4.69) is 6.92 Å². The van der Waals surface area contributed by atoms with Crippen LogP contribution in [0.25, 0.3) is 0 Å². The number of unbranched alkanes of at least 4 members (excludes halogenated alkanes) is 5. The molecule has 0 aromatic carbocycles. The van der Waals surface area contributed by atoms with Gasteiger partial charge in [-0.15, -0.1) is 0 Å². The van der Waals surface area contributed by atoms with Crippen molar-refractivity contribution in [1.82, 2.24) is 0 Å². The van der Waals surface area contributed by atoms with Crippen LogP contribution in [0.15, 0.2) is 0 Å². The second-order valence-corrected chi connectivity index (χ2v) is 3.30. The van der Waals surface area contributed by atoms with Crippen molar-refractivity contribution in [3.05, 3.63) is 0 Å². The molecule has 0 amide bonds. The summed E-state index contributed by atoms with van der Waals surface area (Å²) in [6.45, 7) is 4.13. The molecule has 0 bridgehead atoms. The molecule has 11 heavy (non-hydrogen) atoms. The minimum Gasteiger partial charge on any atom is -0.310 e. The zero-order chi connectivity index (χ0) is 8.53. The number of hydrogen-bond donors (Lipinski definition) is 1. The molecule has 0 rings (SSSR count). The molecule has 0 radical (unpaired) electrons. The first-order valence-corrected chi connectivity index (χ1v) is 4.81. The van der Waals surface area contributed by atoms with E-state index in [-0.39, 0.29) is 0 Å². The Balaban J connectivity index is 2.85. The van der Waals surface area contributed by atoms with Crippen molar-refractivity contribution in [2.75, 3.05) is 0 Å². The molecule has 1 nitrogen and oxygen atoms in total. The molecule has 0 saturated carbocycles. The fraction of sp³-hybridized carbons (Fsp3) is 0.900. The highest BCUT2D eigenvalue weighted by Crippen LogP contribution is 2.06. The summed E-state index contributed by atoms with van der Waals surface area (Å²) in [6.07, 6.45) is 8.99. The highest BCUT2D eigenvalue weighted by molar-refractivity contribution is 5.78. The van der Waals surface area contributed by atoms with Gasteiger partial charge in [-0.2, -0.15) is 0 Å². The Hall–Kier alpha value is -0.330. The van der Waals surface area contributed by atoms with Gasteiger partial charge in [0.25, 0.3) is 0 Å². The topological polar surface area (TPSA) is 23.9 Å². The fourth-order valence-electron chi connectivity index (χ4n) is 1.17. The first-order chi connectivity index (χ1) is 5.27. The summed E-state index contributed by atoms with van der Waals surface area (Å²) in [5.41, 5.74) is 0.834. The molecule has 0 fully saturated rings. The molecule has 0 saturated heterocycles. The standard InChI is InChI=1S/C10H21N/c1-3-4-5-6-7-8-9-10(2)11/h11H,3-9H2,1-2H3. The SMILES string of the molecule is CCCCCCCCC(C)=N. The monoisotopic (exact) mass is 155 g/mol. The molecule has 0 unspecified atom stereocenters. The van der Waals surface area contributed by atoms with E-state index in [0.29, 0.717) is 0 Å². The van der Waals surface area contributed by atoms with Crippen LogP contribution in [0.1, 0.15) is 58.8 Å². The van der Waals surface area contributed by atoms with Crippen LogP contribution >= 0.6 is 0 Å². The van der Waals surface area contributed by atoms with Gasteiger partial charge in [-0.3, -0.25) is 0 Å². The van der Waals surface area contributed by atoms with Crippen molar-refractivity contribution < 1.29 is 0 Å². The molecule has 0 atom stereocenters. The van der Waals surface area contributed by atoms with Crippen LogP contribution in [0, 0.1) is 5.41 Å². The molecular weight excluding hydrogens is 134 g/mol. The average molecular weight is 155 g/mol. The number of nitrogens with one attached hydrogen (secondary N) is 1. The fourth-order valence-corrected chi connectivity index (χ4v) is 1.17. The van der Waals surface area contributed by atoms with Gasteiger partial charge in [-0.25, -0.2) is 0 Å². The molecule has 0 heterocycles. The normalized spacial score (nSPS) is 10.0. The largest absolute Gasteiger partial charge is 0.310 e. The third-order valence-corrected chi connectivity index (χ3v) is 1.91. The number of hydrogen-bond acceptors (Lipinski definition) is 1. The summed E-state index contributed by atoms with van der Waals surface area (Å²) in [6, 6.07) is 0. The summed E-state index contributed by atoms with van der Waals surface area (Å²) >= 11 is 0. The van der Waals surface area contributed by atoms with Gasteiger partial charge in [0.2, 0.25) is 0 Å². The van der Waals surface area contributed by atoms with Gasteiger partial charge in [-0.05, 0) is 19.8 Å². The van der Waals surface area contributed by atoms with E-state index in [4.69, 9.17) is 5.41 Å². The molecule has 0 aliphatic rings. The first-order valence-electron chi connectivity index (χ1n) is 4.81. The van der Waals surface area contributed by atoms with Crippen LogP contribution in [0.2, 0.25) is 0 Å². The van der Waals surface area contributed by atoms with Crippen molar-refractivity contribution in [3.63, 3.8) is 0 Å². The van der Waals surface area contributed by atoms with Crippen molar-refractivity contribution in [1.29, 1.82) is 5.41 Å². The van der Waals surface area contributed by atoms with E-state index >= 15 is 0 Å². The van der Waals surface area contributed by atoms with Gasteiger partial charge >= 0.3 is 0 Å². The van der Waals surface area contributed by atoms with E-state index in [9.17, 15) is 0 Å². The second-order valence-electron chi connectivity index (χ2n) is 3.30. The zero-order valence-electron chi connectivity index (χ0n) is 7.95. The number of rotatable bonds is 7. The lowest BCUT2D eigenvalue weighted by Crippen LogP contribution is -1.87. The quantitative estimate of drug-likeness (QED) is 0.427. The molecule has 0 spiro atoms. The van der Waals surface area contributed by atoms with Gasteiger partial charge in [0.15, 0.2) is 0 Å². The maximum Gasteiger partial charge on any atom is 0.00582 e. The van der Waals surface area contributed by atoms with Crippen LogP contribution in [-0.2, 0) is 0 Å². The van der Waals surface area contributed by atoms with Crippen LogP contribution < -0.4 is 0 Å². The van der Waals surface area contributed by atoms with Crippen molar-refractivity contribution in [2.24, 2.45) is 0 Å². The van der Waals surface area contributed by atoms with Crippen molar-refractivity contribution >= 4 is 5.71 Å². The van der Waals surface area contributed by atoms with Gasteiger partial charge < -0.3 is 5.41 Å². The zero-order valence-corrected chi connectivity index (χ0v) is 7.95. The van der Waals surface area contributed by atoms with Crippen LogP contribution in [0.5, 0.6) is 0 Å². The van der Waals surface area contributed by atoms with E-state index in [1.807, 2.05) is 6.92 Å².